The number of unbranched alkanes of at least 4 members (excludes halogenated alkanes) is 8. The van der Waals surface area contributed by atoms with Gasteiger partial charge in [-0.25, -0.2) is 4.98 Å². The van der Waals surface area contributed by atoms with Gasteiger partial charge in [0.05, 0.1) is 11.0 Å². The van der Waals surface area contributed by atoms with Crippen LogP contribution in [0.25, 0.3) is 11.0 Å². The quantitative estimate of drug-likeness (QED) is 0.381. The maximum atomic E-state index is 11.3. The van der Waals surface area contributed by atoms with Crippen LogP contribution in [0.1, 0.15) is 90.3 Å². The molecule has 0 radical (unpaired) electrons. The fraction of sp³-hybridized carbons (Fsp3) is 0.667. The minimum atomic E-state index is 0.150. The summed E-state index contributed by atoms with van der Waals surface area (Å²) < 4.78 is 2.44. The lowest BCUT2D eigenvalue weighted by Gasteiger charge is -2.10. The van der Waals surface area contributed by atoms with Crippen LogP contribution in [0.3, 0.4) is 0 Å². The number of aryl methyl sites for hydroxylation is 2. The second-order valence-corrected chi connectivity index (χ2v) is 7.80. The number of carbonyl (C=O) groups excluding carboxylic acids is 1. The smallest absolute Gasteiger partial charge is 0.219 e. The Morgan fingerprint density at radius 3 is 2.43 bits per heavy atom. The number of nitrogens with one attached hydrogen (secondary N) is 1. The van der Waals surface area contributed by atoms with Crippen molar-refractivity contribution in [3.8, 4) is 0 Å². The summed E-state index contributed by atoms with van der Waals surface area (Å²) in [4.78, 5) is 16.2. The Morgan fingerprint density at radius 2 is 1.64 bits per heavy atom. The molecule has 156 valence electrons. The third kappa shape index (κ3) is 7.65. The van der Waals surface area contributed by atoms with Gasteiger partial charge in [-0.2, -0.15) is 0 Å². The number of fused-ring (bicyclic) bond motifs is 1. The van der Waals surface area contributed by atoms with Gasteiger partial charge in [-0.3, -0.25) is 4.79 Å². The van der Waals surface area contributed by atoms with E-state index < -0.39 is 0 Å². The average molecular weight is 386 g/mol. The van der Waals surface area contributed by atoms with Crippen LogP contribution in [0.5, 0.6) is 0 Å². The van der Waals surface area contributed by atoms with Crippen molar-refractivity contribution in [2.24, 2.45) is 0 Å². The highest BCUT2D eigenvalue weighted by atomic mass is 16.1. The van der Waals surface area contributed by atoms with Gasteiger partial charge in [-0.1, -0.05) is 70.9 Å². The van der Waals surface area contributed by atoms with Gasteiger partial charge in [-0.15, -0.1) is 0 Å². The lowest BCUT2D eigenvalue weighted by molar-refractivity contribution is -0.120. The highest BCUT2D eigenvalue weighted by Crippen LogP contribution is 2.19. The summed E-state index contributed by atoms with van der Waals surface area (Å²) in [6, 6.07) is 8.52. The van der Waals surface area contributed by atoms with Crippen LogP contribution in [-0.4, -0.2) is 22.0 Å². The predicted octanol–water partition coefficient (Wildman–Crippen LogP) is 6.03. The number of imidazole rings is 1. The number of nitrogens with zero attached hydrogens (tertiary/aromatic N) is 2. The Balaban J connectivity index is 1.80. The molecule has 2 rings (SSSR count). The van der Waals surface area contributed by atoms with E-state index in [4.69, 9.17) is 4.98 Å². The molecule has 2 aromatic rings. The summed E-state index contributed by atoms with van der Waals surface area (Å²) in [5.74, 6) is 1.38. The summed E-state index contributed by atoms with van der Waals surface area (Å²) in [7, 11) is 0. The highest BCUT2D eigenvalue weighted by Gasteiger charge is 2.10. The molecule has 1 amide bonds. The number of rotatable bonds is 15. The number of aromatic nitrogens is 2. The Hall–Kier alpha value is -1.84. The Kier molecular flexibility index (Phi) is 10.7. The van der Waals surface area contributed by atoms with Crippen molar-refractivity contribution in [2.75, 3.05) is 6.54 Å². The third-order valence-corrected chi connectivity index (χ3v) is 5.44. The van der Waals surface area contributed by atoms with Crippen LogP contribution in [0, 0.1) is 0 Å². The van der Waals surface area contributed by atoms with Crippen molar-refractivity contribution in [2.45, 2.75) is 97.4 Å². The summed E-state index contributed by atoms with van der Waals surface area (Å²) in [5.41, 5.74) is 2.40. The molecular weight excluding hydrogens is 346 g/mol. The summed E-state index contributed by atoms with van der Waals surface area (Å²) >= 11 is 0. The summed E-state index contributed by atoms with van der Waals surface area (Å²) in [6.07, 6.45) is 14.2. The number of hydrogen-bond acceptors (Lipinski definition) is 2. The van der Waals surface area contributed by atoms with E-state index in [1.165, 1.54) is 56.3 Å². The lowest BCUT2D eigenvalue weighted by atomic mass is 10.1. The van der Waals surface area contributed by atoms with E-state index in [2.05, 4.69) is 41.1 Å². The largest absolute Gasteiger partial charge is 0.356 e. The van der Waals surface area contributed by atoms with Crippen LogP contribution in [0.15, 0.2) is 24.3 Å². The van der Waals surface area contributed by atoms with E-state index in [0.717, 1.165) is 44.3 Å². The van der Waals surface area contributed by atoms with Crippen molar-refractivity contribution in [1.29, 1.82) is 0 Å². The monoisotopic (exact) mass is 385 g/mol. The molecular formula is C24H39N3O. The maximum absolute atomic E-state index is 11.3. The van der Waals surface area contributed by atoms with Crippen molar-refractivity contribution in [3.63, 3.8) is 0 Å². The average Bonchev–Trinajstić information content (AvgIpc) is 3.07. The summed E-state index contributed by atoms with van der Waals surface area (Å²) in [5, 5.41) is 2.96. The molecule has 0 atom stereocenters. The van der Waals surface area contributed by atoms with E-state index in [0.29, 0.717) is 6.42 Å². The fourth-order valence-corrected chi connectivity index (χ4v) is 3.73. The standard InChI is InChI=1S/C24H39N3O/c1-3-5-6-7-8-9-15-20-27-22-17-13-12-16-21(22)26-23(27)18-11-10-14-19-25-24(28)4-2/h12-13,16-17H,3-11,14-15,18-20H2,1-2H3,(H,25,28). The molecule has 0 bridgehead atoms. The Labute approximate surface area is 171 Å². The third-order valence-electron chi connectivity index (χ3n) is 5.44. The van der Waals surface area contributed by atoms with Crippen molar-refractivity contribution < 1.29 is 4.79 Å². The molecule has 0 saturated heterocycles. The SMILES string of the molecule is CCCCCCCCCn1c(CCCCCNC(=O)CC)nc2ccccc21. The topological polar surface area (TPSA) is 46.9 Å². The Morgan fingerprint density at radius 1 is 0.929 bits per heavy atom. The van der Waals surface area contributed by atoms with Crippen LogP contribution in [-0.2, 0) is 17.8 Å². The number of hydrogen-bond donors (Lipinski definition) is 1. The van der Waals surface area contributed by atoms with Crippen LogP contribution < -0.4 is 5.32 Å². The molecule has 0 spiro atoms. The highest BCUT2D eigenvalue weighted by molar-refractivity contribution is 5.76. The van der Waals surface area contributed by atoms with Gasteiger partial charge < -0.3 is 9.88 Å². The molecule has 0 unspecified atom stereocenters. The van der Waals surface area contributed by atoms with Gasteiger partial charge >= 0.3 is 0 Å². The predicted molar refractivity (Wildman–Crippen MR) is 119 cm³/mol. The molecule has 4 nitrogen and oxygen atoms in total. The molecule has 0 aliphatic heterocycles. The van der Waals surface area contributed by atoms with E-state index in [-0.39, 0.29) is 5.91 Å². The van der Waals surface area contributed by atoms with Crippen LogP contribution >= 0.6 is 0 Å². The number of para-hydroxylation sites is 2. The zero-order chi connectivity index (χ0) is 20.0. The molecule has 28 heavy (non-hydrogen) atoms. The first-order valence-corrected chi connectivity index (χ1v) is 11.5. The molecule has 1 aromatic carbocycles. The van der Waals surface area contributed by atoms with Crippen molar-refractivity contribution in [1.82, 2.24) is 14.9 Å². The summed E-state index contributed by atoms with van der Waals surface area (Å²) in [6.45, 7) is 6.04. The first-order valence-electron chi connectivity index (χ1n) is 11.5. The van der Waals surface area contributed by atoms with Gasteiger partial charge in [0.1, 0.15) is 5.82 Å². The Bertz CT molecular complexity index is 692. The molecule has 1 heterocycles. The molecule has 0 fully saturated rings. The number of benzene rings is 1. The second-order valence-electron chi connectivity index (χ2n) is 7.80. The van der Waals surface area contributed by atoms with Crippen molar-refractivity contribution in [3.05, 3.63) is 30.1 Å². The van der Waals surface area contributed by atoms with Crippen LogP contribution in [0.2, 0.25) is 0 Å². The zero-order valence-electron chi connectivity index (χ0n) is 18.0. The molecule has 0 aliphatic rings. The second kappa shape index (κ2) is 13.4. The van der Waals surface area contributed by atoms with Gasteiger partial charge in [0, 0.05) is 25.9 Å². The first-order chi connectivity index (χ1) is 13.8. The van der Waals surface area contributed by atoms with E-state index in [9.17, 15) is 4.79 Å². The maximum Gasteiger partial charge on any atom is 0.219 e. The molecule has 1 N–H and O–H groups in total. The number of carbonyl (C=O) groups is 1. The minimum absolute atomic E-state index is 0.150. The van der Waals surface area contributed by atoms with E-state index in [1.54, 1.807) is 0 Å². The van der Waals surface area contributed by atoms with Crippen LogP contribution in [0.4, 0.5) is 0 Å². The minimum Gasteiger partial charge on any atom is -0.356 e. The van der Waals surface area contributed by atoms with Gasteiger partial charge in [0.2, 0.25) is 5.91 Å². The van der Waals surface area contributed by atoms with E-state index >= 15 is 0 Å². The first kappa shape index (κ1) is 22.4. The van der Waals surface area contributed by atoms with E-state index in [1.807, 2.05) is 6.92 Å². The zero-order valence-corrected chi connectivity index (χ0v) is 18.0. The molecule has 1 aromatic heterocycles. The van der Waals surface area contributed by atoms with Crippen molar-refractivity contribution >= 4 is 16.9 Å². The van der Waals surface area contributed by atoms with Gasteiger partial charge in [0.15, 0.2) is 0 Å². The fourth-order valence-electron chi connectivity index (χ4n) is 3.73. The lowest BCUT2D eigenvalue weighted by Crippen LogP contribution is -2.23. The molecule has 0 aliphatic carbocycles. The number of amides is 1. The normalized spacial score (nSPS) is 11.2. The van der Waals surface area contributed by atoms with Gasteiger partial charge in [-0.05, 0) is 31.4 Å². The van der Waals surface area contributed by atoms with Gasteiger partial charge in [0.25, 0.3) is 0 Å². The molecule has 4 heteroatoms. The molecule has 0 saturated carbocycles.